The first-order valence-electron chi connectivity index (χ1n) is 19.9. The van der Waals surface area contributed by atoms with Crippen molar-refractivity contribution in [3.05, 3.63) is 169 Å². The van der Waals surface area contributed by atoms with Gasteiger partial charge < -0.3 is 24.8 Å². The van der Waals surface area contributed by atoms with Crippen molar-refractivity contribution in [2.45, 2.75) is 113 Å². The quantitative estimate of drug-likeness (QED) is 0.152. The molecule has 0 saturated carbocycles. The first-order valence-corrected chi connectivity index (χ1v) is 21.9. The minimum atomic E-state index is -0.0202. The van der Waals surface area contributed by atoms with Crippen molar-refractivity contribution in [3.8, 4) is 11.1 Å². The van der Waals surface area contributed by atoms with E-state index in [2.05, 4.69) is 163 Å². The number of allylic oxidation sites excluding steroid dienone is 4. The van der Waals surface area contributed by atoms with E-state index in [1.807, 2.05) is 36.4 Å². The van der Waals surface area contributed by atoms with Crippen LogP contribution in [0.25, 0.3) is 22.3 Å². The van der Waals surface area contributed by atoms with Gasteiger partial charge in [0.15, 0.2) is 0 Å². The summed E-state index contributed by atoms with van der Waals surface area (Å²) in [5.74, 6) is 0. The fraction of sp³-hybridized carbons (Fsp3) is 0.358. The molecule has 5 heteroatoms. The molecule has 0 saturated heterocycles. The molecule has 0 spiro atoms. The molecule has 58 heavy (non-hydrogen) atoms. The van der Waals surface area contributed by atoms with Gasteiger partial charge >= 0.3 is 120 Å². The Bertz CT molecular complexity index is 2220. The maximum atomic E-state index is 5.98. The first-order chi connectivity index (χ1) is 25.9. The van der Waals surface area contributed by atoms with Crippen molar-refractivity contribution < 1.29 is 49.0 Å². The van der Waals surface area contributed by atoms with Crippen LogP contribution in [0, 0.1) is 16.9 Å². The molecule has 304 valence electrons. The number of benzene rings is 4. The number of halogens is 4. The topological polar surface area (TPSA) is 0 Å². The molecule has 3 aliphatic rings. The molecule has 8 rings (SSSR count). The zero-order chi connectivity index (χ0) is 41.2. The molecule has 0 heterocycles. The molecule has 0 aliphatic heterocycles. The van der Waals surface area contributed by atoms with Crippen LogP contribution in [0.15, 0.2) is 103 Å². The third-order valence-corrected chi connectivity index (χ3v) is 13.2. The molecule has 5 aromatic rings. The summed E-state index contributed by atoms with van der Waals surface area (Å²) >= 11 is 13.3. The molecule has 0 aromatic heterocycles. The van der Waals surface area contributed by atoms with Crippen LogP contribution in [0.1, 0.15) is 140 Å². The van der Waals surface area contributed by atoms with E-state index in [9.17, 15) is 0 Å². The minimum Gasteiger partial charge on any atom is -1.00 e. The second kappa shape index (κ2) is 17.5. The molecule has 0 radical (unpaired) electrons. The molecule has 0 bridgehead atoms. The summed E-state index contributed by atoms with van der Waals surface area (Å²) in [4.78, 5) is 0. The van der Waals surface area contributed by atoms with Gasteiger partial charge in [-0.05, 0) is 62.3 Å². The zero-order valence-electron chi connectivity index (χ0n) is 36.5. The predicted molar refractivity (Wildman–Crippen MR) is 241 cm³/mol. The van der Waals surface area contributed by atoms with Crippen LogP contribution in [-0.4, -0.2) is 3.21 Å². The summed E-state index contributed by atoms with van der Waals surface area (Å²) in [7, 11) is 0. The van der Waals surface area contributed by atoms with Crippen molar-refractivity contribution in [2.75, 3.05) is 0 Å². The summed E-state index contributed by atoms with van der Waals surface area (Å²) < 4.78 is 1.26. The molecule has 3 aliphatic carbocycles. The normalized spacial score (nSPS) is 15.4. The van der Waals surface area contributed by atoms with Crippen LogP contribution >= 0.6 is 23.2 Å². The molecule has 0 N–H and O–H groups in total. The molecule has 0 unspecified atom stereocenters. The van der Waals surface area contributed by atoms with Crippen LogP contribution in [-0.2, 0) is 46.9 Å². The zero-order valence-corrected chi connectivity index (χ0v) is 42.0. The van der Waals surface area contributed by atoms with Gasteiger partial charge in [0.1, 0.15) is 0 Å². The van der Waals surface area contributed by atoms with Gasteiger partial charge in [-0.25, -0.2) is 11.6 Å². The molecule has 0 nitrogen and oxygen atoms in total. The second-order valence-corrected chi connectivity index (χ2v) is 22.1. The predicted octanol–water partition coefficient (Wildman–Crippen LogP) is 9.32. The molecule has 0 atom stereocenters. The second-order valence-electron chi connectivity index (χ2n) is 20.0. The van der Waals surface area contributed by atoms with Gasteiger partial charge in [0.25, 0.3) is 0 Å². The maximum absolute atomic E-state index is 5.98. The van der Waals surface area contributed by atoms with Crippen LogP contribution < -0.4 is 24.8 Å². The fourth-order valence-electron chi connectivity index (χ4n) is 8.27. The first kappa shape index (κ1) is 48.3. The Morgan fingerprint density at radius 1 is 0.638 bits per heavy atom. The maximum Gasteiger partial charge on any atom is -1.00 e. The van der Waals surface area contributed by atoms with Gasteiger partial charge in [-0.2, -0.15) is 29.3 Å². The van der Waals surface area contributed by atoms with E-state index >= 15 is 0 Å². The molecule has 5 aromatic carbocycles. The molecular formula is C53H58Cl4Zr-2. The largest absolute Gasteiger partial charge is 1.00 e. The average Bonchev–Trinajstić information content (AvgIpc) is 3.87. The van der Waals surface area contributed by atoms with E-state index in [-0.39, 0.29) is 46.5 Å². The number of hydrogen-bond donors (Lipinski definition) is 0. The van der Waals surface area contributed by atoms with Crippen LogP contribution in [0.3, 0.4) is 0 Å². The van der Waals surface area contributed by atoms with Crippen molar-refractivity contribution in [1.82, 2.24) is 0 Å². The Kier molecular flexibility index (Phi) is 14.6. The van der Waals surface area contributed by atoms with Gasteiger partial charge in [-0.15, -0.1) is 11.6 Å². The van der Waals surface area contributed by atoms with Crippen LogP contribution in [0.2, 0.25) is 10.0 Å². The van der Waals surface area contributed by atoms with Crippen molar-refractivity contribution in [3.63, 3.8) is 0 Å². The fourth-order valence-corrected chi connectivity index (χ4v) is 9.42. The van der Waals surface area contributed by atoms with Gasteiger partial charge in [0, 0.05) is 5.41 Å². The number of rotatable bonds is 2. The van der Waals surface area contributed by atoms with E-state index in [1.165, 1.54) is 88.7 Å². The van der Waals surface area contributed by atoms with E-state index in [1.54, 1.807) is 0 Å². The van der Waals surface area contributed by atoms with E-state index in [0.717, 1.165) is 27.6 Å². The summed E-state index contributed by atoms with van der Waals surface area (Å²) in [6.07, 6.45) is 7.41. The van der Waals surface area contributed by atoms with E-state index in [0.29, 0.717) is 5.41 Å². The third-order valence-electron chi connectivity index (χ3n) is 11.3. The van der Waals surface area contributed by atoms with Gasteiger partial charge in [0.05, 0.1) is 0 Å². The Morgan fingerprint density at radius 2 is 1.16 bits per heavy atom. The van der Waals surface area contributed by atoms with Crippen molar-refractivity contribution in [1.29, 1.82) is 0 Å². The van der Waals surface area contributed by atoms with E-state index in [4.69, 9.17) is 23.2 Å². The van der Waals surface area contributed by atoms with Crippen LogP contribution in [0.4, 0.5) is 0 Å². The summed E-state index contributed by atoms with van der Waals surface area (Å²) in [6.45, 7) is 30.0. The molecule has 0 amide bonds. The Labute approximate surface area is 387 Å². The Morgan fingerprint density at radius 3 is 1.59 bits per heavy atom. The monoisotopic (exact) mass is 924 g/mol. The van der Waals surface area contributed by atoms with Gasteiger partial charge in [0.2, 0.25) is 0 Å². The Hall–Kier alpha value is -2.38. The van der Waals surface area contributed by atoms with Gasteiger partial charge in [-0.3, -0.25) is 6.08 Å². The van der Waals surface area contributed by atoms with Gasteiger partial charge in [-0.1, -0.05) is 119 Å². The summed E-state index contributed by atoms with van der Waals surface area (Å²) in [5, 5.41) is 1.53. The standard InChI is InChI=1S/C31H37.C13H8Cl2.C9H13.2ClH.Zr/c1-28(2,3)26-16-30(7,8)24-12-18-11-19-13-25-23(15-21(19)20(18)14-22(24)26)27(29(4,5)6)17-31(25,9)10;14-12-5-1-3-10(8-12)7-11-4-2-6-13(15)9-11;1-9(2,3)8-6-4-5-7-8;;;/h12-16H,11H2,1-10H3;1-6,8-9H;4-7H,1-3H3;2*1H;/q-1;;-1;;;+2/p-2. The number of fused-ring (bicyclic) bond motifs is 5. The van der Waals surface area contributed by atoms with E-state index < -0.39 is 0 Å². The SMILES string of the molecule is CC(C)(C)C1=[C-]C(C)(C)c2cc3c(cc21)-c1cc2c(cc1C3)C(C)(C)C=C2C(C)(C)C.CC(C)(C)c1cc[cH-]c1.Clc1cccc([C](=[Zr+2])c2cccc(Cl)c2)c1.[Cl-].[Cl-]. The number of hydrogen-bond acceptors (Lipinski definition) is 0. The smallest absolute Gasteiger partial charge is 1.00 e. The minimum absolute atomic E-state index is 0. The molecular weight excluding hydrogens is 870 g/mol. The summed E-state index contributed by atoms with van der Waals surface area (Å²) in [5.41, 5.74) is 19.0. The van der Waals surface area contributed by atoms with Crippen LogP contribution in [0.5, 0.6) is 0 Å². The average molecular weight is 928 g/mol. The third kappa shape index (κ3) is 10.2. The molecule has 0 fully saturated rings. The summed E-state index contributed by atoms with van der Waals surface area (Å²) in [6, 6.07) is 34.3. The van der Waals surface area contributed by atoms with Crippen molar-refractivity contribution in [2.24, 2.45) is 10.8 Å². The van der Waals surface area contributed by atoms with Crippen molar-refractivity contribution >= 4 is 37.6 Å². The Balaban J connectivity index is 0.000000230.